The fraction of sp³-hybridized carbons (Fsp3) is 0.303. The Hall–Kier alpha value is -4.04. The first-order valence-electron chi connectivity index (χ1n) is 13.7. The van der Waals surface area contributed by atoms with Gasteiger partial charge in [0.2, 0.25) is 12.7 Å². The maximum Gasteiger partial charge on any atom is 0.231 e. The molecule has 0 unspecified atom stereocenters. The number of allylic oxidation sites excluding steroid dienone is 1. The first kappa shape index (κ1) is 31.5. The number of thioether (sulfide) groups is 1. The van der Waals surface area contributed by atoms with Crippen LogP contribution in [-0.4, -0.2) is 44.0 Å². The number of benzene rings is 3. The fourth-order valence-corrected chi connectivity index (χ4v) is 4.78. The standard InChI is InChI=1S/C23H25N3O3S.C8H8O.C2H6/c1-4-18(16-6-7-19-17(13-16)9-10-26(19)2)24-23(30-3)25-22(27)12-15-5-8-20-21(11-15)29-14-28-20;1-7-4-2-3-5-8(7)6-9;1-2/h4-8,11,13H,9-10,12,14H2,1-3H3,(H,24,25,27);2-6H,1H3;1-2H3/b18-4+;;. The highest BCUT2D eigenvalue weighted by molar-refractivity contribution is 8.13. The largest absolute Gasteiger partial charge is 0.454 e. The van der Waals surface area contributed by atoms with Crippen LogP contribution in [0.1, 0.15) is 53.4 Å². The number of nitrogens with zero attached hydrogens (tertiary/aromatic N) is 2. The molecule has 5 rings (SSSR count). The second-order valence-electron chi connectivity index (χ2n) is 9.20. The fourth-order valence-electron chi connectivity index (χ4n) is 4.37. The van der Waals surface area contributed by atoms with Gasteiger partial charge in [-0.3, -0.25) is 9.59 Å². The van der Waals surface area contributed by atoms with E-state index in [0.717, 1.165) is 47.2 Å². The van der Waals surface area contributed by atoms with Gasteiger partial charge in [-0.15, -0.1) is 0 Å². The quantitative estimate of drug-likeness (QED) is 0.208. The maximum absolute atomic E-state index is 12.6. The molecule has 8 heteroatoms. The summed E-state index contributed by atoms with van der Waals surface area (Å²) in [6.45, 7) is 9.15. The highest BCUT2D eigenvalue weighted by Crippen LogP contribution is 2.33. The summed E-state index contributed by atoms with van der Waals surface area (Å²) in [5.41, 5.74) is 7.20. The molecular formula is C33H39N3O4S. The molecule has 1 N–H and O–H groups in total. The molecule has 0 bridgehead atoms. The van der Waals surface area contributed by atoms with Crippen molar-refractivity contribution in [3.63, 3.8) is 0 Å². The van der Waals surface area contributed by atoms with E-state index in [9.17, 15) is 9.59 Å². The zero-order valence-corrected chi connectivity index (χ0v) is 25.5. The van der Waals surface area contributed by atoms with Gasteiger partial charge < -0.3 is 19.7 Å². The van der Waals surface area contributed by atoms with Crippen LogP contribution in [0.2, 0.25) is 0 Å². The number of amidine groups is 1. The van der Waals surface area contributed by atoms with Gasteiger partial charge in [-0.05, 0) is 67.5 Å². The number of carbonyl (C=O) groups is 2. The molecule has 41 heavy (non-hydrogen) atoms. The number of aldehydes is 1. The number of carbonyl (C=O) groups excluding carboxylic acids is 2. The number of aliphatic imine (C=N–C) groups is 1. The zero-order valence-electron chi connectivity index (χ0n) is 24.7. The highest BCUT2D eigenvalue weighted by Gasteiger charge is 2.17. The summed E-state index contributed by atoms with van der Waals surface area (Å²) in [5.74, 6) is 1.27. The molecule has 0 saturated carbocycles. The topological polar surface area (TPSA) is 80.2 Å². The zero-order chi connectivity index (χ0) is 29.8. The molecule has 2 aliphatic rings. The van der Waals surface area contributed by atoms with Gasteiger partial charge in [0.15, 0.2) is 16.7 Å². The third-order valence-corrected chi connectivity index (χ3v) is 7.14. The molecule has 0 spiro atoms. The van der Waals surface area contributed by atoms with Crippen LogP contribution in [0.15, 0.2) is 71.7 Å². The summed E-state index contributed by atoms with van der Waals surface area (Å²) in [5, 5.41) is 3.51. The molecule has 0 aliphatic carbocycles. The third-order valence-electron chi connectivity index (χ3n) is 6.56. The van der Waals surface area contributed by atoms with Crippen molar-refractivity contribution in [2.45, 2.75) is 40.5 Å². The number of hydrogen-bond acceptors (Lipinski definition) is 7. The van der Waals surface area contributed by atoms with E-state index >= 15 is 0 Å². The van der Waals surface area contributed by atoms with Gasteiger partial charge in [-0.1, -0.05) is 68.1 Å². The SMILES string of the molecule is C/C=C(/N=C(NC(=O)Cc1ccc2c(c1)OCO2)SC)c1ccc2c(c1)CCN2C.CC.Cc1ccccc1C=O. The Morgan fingerprint density at radius 3 is 2.51 bits per heavy atom. The minimum Gasteiger partial charge on any atom is -0.454 e. The van der Waals surface area contributed by atoms with Crippen molar-refractivity contribution in [2.75, 3.05) is 31.5 Å². The van der Waals surface area contributed by atoms with Crippen molar-refractivity contribution in [2.24, 2.45) is 4.99 Å². The van der Waals surface area contributed by atoms with Gasteiger partial charge in [-0.2, -0.15) is 0 Å². The summed E-state index contributed by atoms with van der Waals surface area (Å²) in [7, 11) is 2.11. The van der Waals surface area contributed by atoms with Gasteiger partial charge in [0.1, 0.15) is 6.29 Å². The number of anilines is 1. The van der Waals surface area contributed by atoms with E-state index < -0.39 is 0 Å². The molecule has 2 aliphatic heterocycles. The van der Waals surface area contributed by atoms with Crippen LogP contribution >= 0.6 is 11.8 Å². The molecule has 3 aromatic rings. The number of aryl methyl sites for hydroxylation is 1. The number of amides is 1. The number of rotatable bonds is 5. The van der Waals surface area contributed by atoms with Crippen LogP contribution in [0.3, 0.4) is 0 Å². The normalized spacial score (nSPS) is 13.4. The van der Waals surface area contributed by atoms with Gasteiger partial charge in [0, 0.05) is 30.4 Å². The third kappa shape index (κ3) is 8.47. The molecule has 0 atom stereocenters. The maximum atomic E-state index is 12.6. The number of ether oxygens (including phenoxy) is 2. The lowest BCUT2D eigenvalue weighted by atomic mass is 10.1. The molecule has 0 aromatic heterocycles. The van der Waals surface area contributed by atoms with Gasteiger partial charge >= 0.3 is 0 Å². The minimum atomic E-state index is -0.118. The van der Waals surface area contributed by atoms with Crippen molar-refractivity contribution in [1.29, 1.82) is 0 Å². The van der Waals surface area contributed by atoms with Gasteiger partial charge in [0.25, 0.3) is 0 Å². The van der Waals surface area contributed by atoms with Gasteiger partial charge in [0.05, 0.1) is 12.1 Å². The first-order valence-corrected chi connectivity index (χ1v) is 15.0. The van der Waals surface area contributed by atoms with E-state index in [1.54, 1.807) is 0 Å². The van der Waals surface area contributed by atoms with E-state index in [1.807, 2.05) is 82.5 Å². The molecular weight excluding hydrogens is 534 g/mol. The van der Waals surface area contributed by atoms with Crippen LogP contribution in [-0.2, 0) is 17.6 Å². The van der Waals surface area contributed by atoms with Crippen LogP contribution < -0.4 is 19.7 Å². The Labute approximate surface area is 247 Å². The molecule has 7 nitrogen and oxygen atoms in total. The Morgan fingerprint density at radius 1 is 1.07 bits per heavy atom. The summed E-state index contributed by atoms with van der Waals surface area (Å²) < 4.78 is 10.7. The predicted octanol–water partition coefficient (Wildman–Crippen LogP) is 6.68. The Balaban J connectivity index is 0.000000355. The van der Waals surface area contributed by atoms with Crippen LogP contribution in [0.5, 0.6) is 11.5 Å². The molecule has 216 valence electrons. The number of hydrogen-bond donors (Lipinski definition) is 1. The second kappa shape index (κ2) is 15.7. The van der Waals surface area contributed by atoms with Crippen LogP contribution in [0.4, 0.5) is 5.69 Å². The monoisotopic (exact) mass is 573 g/mol. The number of nitrogens with one attached hydrogen (secondary N) is 1. The van der Waals surface area contributed by atoms with Crippen molar-refractivity contribution in [3.8, 4) is 11.5 Å². The van der Waals surface area contributed by atoms with Crippen molar-refractivity contribution in [3.05, 3.63) is 94.6 Å². The summed E-state index contributed by atoms with van der Waals surface area (Å²) in [6, 6.07) is 19.5. The summed E-state index contributed by atoms with van der Waals surface area (Å²) >= 11 is 1.42. The molecule has 3 aromatic carbocycles. The lowest BCUT2D eigenvalue weighted by molar-refractivity contribution is -0.119. The van der Waals surface area contributed by atoms with E-state index in [-0.39, 0.29) is 19.1 Å². The Morgan fingerprint density at radius 2 is 1.83 bits per heavy atom. The van der Waals surface area contributed by atoms with Crippen molar-refractivity contribution < 1.29 is 19.1 Å². The van der Waals surface area contributed by atoms with E-state index in [0.29, 0.717) is 16.7 Å². The van der Waals surface area contributed by atoms with E-state index in [4.69, 9.17) is 14.5 Å². The summed E-state index contributed by atoms with van der Waals surface area (Å²) in [4.78, 5) is 29.8. The average Bonchev–Trinajstić information content (AvgIpc) is 3.62. The highest BCUT2D eigenvalue weighted by atomic mass is 32.2. The van der Waals surface area contributed by atoms with Crippen molar-refractivity contribution in [1.82, 2.24) is 5.32 Å². The average molecular weight is 574 g/mol. The molecule has 0 saturated heterocycles. The lowest BCUT2D eigenvalue weighted by Crippen LogP contribution is -2.29. The summed E-state index contributed by atoms with van der Waals surface area (Å²) in [6.07, 6.45) is 6.04. The molecule has 1 amide bonds. The van der Waals surface area contributed by atoms with Crippen LogP contribution in [0, 0.1) is 6.92 Å². The second-order valence-corrected chi connectivity index (χ2v) is 9.99. The van der Waals surface area contributed by atoms with Gasteiger partial charge in [-0.25, -0.2) is 4.99 Å². The molecule has 0 radical (unpaired) electrons. The van der Waals surface area contributed by atoms with E-state index in [1.165, 1.54) is 23.0 Å². The van der Waals surface area contributed by atoms with E-state index in [2.05, 4.69) is 35.5 Å². The number of fused-ring (bicyclic) bond motifs is 2. The molecule has 0 fully saturated rings. The lowest BCUT2D eigenvalue weighted by Gasteiger charge is -2.13. The van der Waals surface area contributed by atoms with Crippen molar-refractivity contribution >= 4 is 40.5 Å². The molecule has 2 heterocycles. The van der Waals surface area contributed by atoms with Crippen LogP contribution in [0.25, 0.3) is 5.70 Å². The minimum absolute atomic E-state index is 0.118. The Bertz CT molecular complexity index is 1420. The Kier molecular flexibility index (Phi) is 12.0. The first-order chi connectivity index (χ1) is 19.9. The smallest absolute Gasteiger partial charge is 0.231 e. The number of likely N-dealkylation sites (N-methyl/N-ethyl adjacent to an activating group) is 1. The predicted molar refractivity (Wildman–Crippen MR) is 170 cm³/mol.